The maximum Gasteiger partial charge on any atom is 0.323 e. The lowest BCUT2D eigenvalue weighted by Crippen LogP contribution is -2.43. The van der Waals surface area contributed by atoms with Gasteiger partial charge in [-0.2, -0.15) is 16.9 Å². The smallest absolute Gasteiger partial charge is 0.323 e. The van der Waals surface area contributed by atoms with E-state index in [9.17, 15) is 4.79 Å². The number of piperidine rings is 1. The fraction of sp³-hybridized carbons (Fsp3) is 0.444. The topological polar surface area (TPSA) is 50.2 Å². The number of carbonyl (C=O) groups is 1. The van der Waals surface area contributed by atoms with Crippen molar-refractivity contribution in [3.8, 4) is 11.1 Å². The van der Waals surface area contributed by atoms with Crippen LogP contribution in [0.1, 0.15) is 12.8 Å². The van der Waals surface area contributed by atoms with Gasteiger partial charge in [0.25, 0.3) is 0 Å². The van der Waals surface area contributed by atoms with Crippen molar-refractivity contribution in [2.75, 3.05) is 30.4 Å². The third-order valence-corrected chi connectivity index (χ3v) is 5.26. The molecule has 1 N–H and O–H groups in total. The summed E-state index contributed by atoms with van der Waals surface area (Å²) in [6, 6.07) is 10.0. The summed E-state index contributed by atoms with van der Waals surface area (Å²) >= 11 is 1.86. The summed E-state index contributed by atoms with van der Waals surface area (Å²) < 4.78 is 1.73. The van der Waals surface area contributed by atoms with Crippen LogP contribution in [0.5, 0.6) is 0 Å². The Morgan fingerprint density at radius 3 is 2.92 bits per heavy atom. The second-order valence-corrected chi connectivity index (χ2v) is 7.15. The van der Waals surface area contributed by atoms with Gasteiger partial charge in [-0.05, 0) is 36.3 Å². The second kappa shape index (κ2) is 7.75. The summed E-state index contributed by atoms with van der Waals surface area (Å²) in [5, 5.41) is 7.39. The Labute approximate surface area is 147 Å². The summed E-state index contributed by atoms with van der Waals surface area (Å²) in [7, 11) is 1.86. The lowest BCUT2D eigenvalue weighted by molar-refractivity contribution is 0.183. The van der Waals surface area contributed by atoms with Crippen LogP contribution in [0.4, 0.5) is 10.6 Å². The molecule has 0 unspecified atom stereocenters. The quantitative estimate of drug-likeness (QED) is 0.920. The number of urea groups is 1. The lowest BCUT2D eigenvalue weighted by Gasteiger charge is -2.32. The van der Waals surface area contributed by atoms with Gasteiger partial charge >= 0.3 is 6.03 Å². The molecule has 0 radical (unpaired) electrons. The van der Waals surface area contributed by atoms with Crippen LogP contribution in [0.2, 0.25) is 0 Å². The molecule has 1 saturated heterocycles. The first-order chi connectivity index (χ1) is 11.7. The Bertz CT molecular complexity index is 684. The van der Waals surface area contributed by atoms with E-state index in [0.29, 0.717) is 5.92 Å². The molecule has 0 bridgehead atoms. The number of thioether (sulfide) groups is 1. The van der Waals surface area contributed by atoms with Gasteiger partial charge in [0, 0.05) is 25.7 Å². The summed E-state index contributed by atoms with van der Waals surface area (Å²) in [5.41, 5.74) is 2.00. The van der Waals surface area contributed by atoms with Crippen LogP contribution < -0.4 is 5.32 Å². The molecule has 2 heterocycles. The zero-order chi connectivity index (χ0) is 16.9. The fourth-order valence-corrected chi connectivity index (χ4v) is 3.96. The van der Waals surface area contributed by atoms with Gasteiger partial charge in [-0.3, -0.25) is 10.00 Å². The Morgan fingerprint density at radius 1 is 1.38 bits per heavy atom. The van der Waals surface area contributed by atoms with Crippen molar-refractivity contribution in [3.05, 3.63) is 36.5 Å². The van der Waals surface area contributed by atoms with E-state index in [1.54, 1.807) is 10.9 Å². The number of anilines is 1. The Balaban J connectivity index is 1.74. The third-order valence-electron chi connectivity index (χ3n) is 4.46. The highest BCUT2D eigenvalue weighted by Gasteiger charge is 2.24. The van der Waals surface area contributed by atoms with E-state index in [1.165, 1.54) is 6.42 Å². The molecule has 1 aliphatic heterocycles. The zero-order valence-electron chi connectivity index (χ0n) is 14.2. The van der Waals surface area contributed by atoms with E-state index in [1.807, 2.05) is 54.0 Å². The number of nitrogens with zero attached hydrogens (tertiary/aromatic N) is 3. The molecule has 0 spiro atoms. The minimum absolute atomic E-state index is 0.0263. The highest BCUT2D eigenvalue weighted by atomic mass is 32.2. The monoisotopic (exact) mass is 344 g/mol. The maximum absolute atomic E-state index is 12.7. The number of benzene rings is 1. The maximum atomic E-state index is 12.7. The minimum Gasteiger partial charge on any atom is -0.324 e. The number of hydrogen-bond donors (Lipinski definition) is 1. The van der Waals surface area contributed by atoms with Crippen molar-refractivity contribution in [1.82, 2.24) is 14.7 Å². The Kier molecular flexibility index (Phi) is 5.45. The molecule has 24 heavy (non-hydrogen) atoms. The van der Waals surface area contributed by atoms with Crippen molar-refractivity contribution in [3.63, 3.8) is 0 Å². The molecular formula is C18H24N4OS. The molecule has 2 aromatic rings. The van der Waals surface area contributed by atoms with Crippen LogP contribution in [-0.4, -0.2) is 45.8 Å². The number of nitrogens with one attached hydrogen (secondary N) is 1. The van der Waals surface area contributed by atoms with Crippen molar-refractivity contribution in [1.29, 1.82) is 0 Å². The SMILES string of the molecule is CSC[C@@H]1CCCN(C(=O)Nc2c(-c3ccccc3)cnn2C)C1. The number of aromatic nitrogens is 2. The number of rotatable bonds is 4. The molecule has 6 heteroatoms. The highest BCUT2D eigenvalue weighted by molar-refractivity contribution is 7.98. The van der Waals surface area contributed by atoms with Gasteiger partial charge in [0.1, 0.15) is 5.82 Å². The molecule has 0 aliphatic carbocycles. The van der Waals surface area contributed by atoms with E-state index >= 15 is 0 Å². The van der Waals surface area contributed by atoms with Gasteiger partial charge in [-0.25, -0.2) is 4.79 Å². The molecule has 0 saturated carbocycles. The zero-order valence-corrected chi connectivity index (χ0v) is 15.1. The summed E-state index contributed by atoms with van der Waals surface area (Å²) in [6.07, 6.45) is 6.22. The average Bonchev–Trinajstić information content (AvgIpc) is 2.97. The molecule has 3 rings (SSSR count). The van der Waals surface area contributed by atoms with Gasteiger partial charge in [0.2, 0.25) is 0 Å². The van der Waals surface area contributed by atoms with E-state index < -0.39 is 0 Å². The number of likely N-dealkylation sites (tertiary alicyclic amines) is 1. The van der Waals surface area contributed by atoms with Crippen molar-refractivity contribution in [2.45, 2.75) is 12.8 Å². The van der Waals surface area contributed by atoms with Crippen LogP contribution in [0.25, 0.3) is 11.1 Å². The number of hydrogen-bond acceptors (Lipinski definition) is 3. The standard InChI is InChI=1S/C18H24N4OS/c1-21-17(16(11-19-21)15-8-4-3-5-9-15)20-18(23)22-10-6-7-14(12-22)13-24-2/h3-5,8-9,11,14H,6-7,10,12-13H2,1-2H3,(H,20,23)/t14-/m1/s1. The van der Waals surface area contributed by atoms with Gasteiger partial charge in [0.15, 0.2) is 0 Å². The number of amides is 2. The van der Waals surface area contributed by atoms with Crippen LogP contribution in [0.3, 0.4) is 0 Å². The van der Waals surface area contributed by atoms with Crippen molar-refractivity contribution >= 4 is 23.6 Å². The van der Waals surface area contributed by atoms with Gasteiger partial charge in [-0.1, -0.05) is 30.3 Å². The van der Waals surface area contributed by atoms with Gasteiger partial charge < -0.3 is 4.90 Å². The molecule has 1 aromatic carbocycles. The van der Waals surface area contributed by atoms with Crippen LogP contribution in [0.15, 0.2) is 36.5 Å². The molecule has 1 atom stereocenters. The molecule has 1 aliphatic rings. The highest BCUT2D eigenvalue weighted by Crippen LogP contribution is 2.28. The predicted octanol–water partition coefficient (Wildman–Crippen LogP) is 3.69. The molecule has 128 valence electrons. The minimum atomic E-state index is -0.0263. The summed E-state index contributed by atoms with van der Waals surface area (Å²) in [6.45, 7) is 1.67. The fourth-order valence-electron chi connectivity index (χ4n) is 3.22. The summed E-state index contributed by atoms with van der Waals surface area (Å²) in [5.74, 6) is 2.46. The first-order valence-corrected chi connectivity index (χ1v) is 9.70. The van der Waals surface area contributed by atoms with Crippen molar-refractivity contribution < 1.29 is 4.79 Å². The van der Waals surface area contributed by atoms with Gasteiger partial charge in [-0.15, -0.1) is 0 Å². The van der Waals surface area contributed by atoms with Crippen LogP contribution >= 0.6 is 11.8 Å². The Hall–Kier alpha value is -1.95. The van der Waals surface area contributed by atoms with Crippen LogP contribution in [0, 0.1) is 5.92 Å². The van der Waals surface area contributed by atoms with E-state index in [-0.39, 0.29) is 6.03 Å². The predicted molar refractivity (Wildman–Crippen MR) is 100 cm³/mol. The molecule has 1 fully saturated rings. The van der Waals surface area contributed by atoms with Crippen molar-refractivity contribution in [2.24, 2.45) is 13.0 Å². The molecular weight excluding hydrogens is 320 g/mol. The number of aryl methyl sites for hydroxylation is 1. The van der Waals surface area contributed by atoms with E-state index in [2.05, 4.69) is 16.7 Å². The first kappa shape index (κ1) is 16.9. The van der Waals surface area contributed by atoms with E-state index in [4.69, 9.17) is 0 Å². The first-order valence-electron chi connectivity index (χ1n) is 8.31. The van der Waals surface area contributed by atoms with Gasteiger partial charge in [0.05, 0.1) is 6.20 Å². The van der Waals surface area contributed by atoms with E-state index in [0.717, 1.165) is 42.2 Å². The molecule has 5 nitrogen and oxygen atoms in total. The normalized spacial score (nSPS) is 17.8. The van der Waals surface area contributed by atoms with Crippen LogP contribution in [-0.2, 0) is 7.05 Å². The average molecular weight is 344 g/mol. The third kappa shape index (κ3) is 3.75. The Morgan fingerprint density at radius 2 is 2.17 bits per heavy atom. The molecule has 2 amide bonds. The largest absolute Gasteiger partial charge is 0.324 e. The second-order valence-electron chi connectivity index (χ2n) is 6.24. The summed E-state index contributed by atoms with van der Waals surface area (Å²) in [4.78, 5) is 14.7. The molecule has 1 aromatic heterocycles. The lowest BCUT2D eigenvalue weighted by atomic mass is 10.0. The number of carbonyl (C=O) groups excluding carboxylic acids is 1.